The molecule has 3 aromatic rings. The van der Waals surface area contributed by atoms with Crippen LogP contribution in [-0.4, -0.2) is 64.8 Å². The second kappa shape index (κ2) is 10.0. The molecule has 6 nitrogen and oxygen atoms in total. The van der Waals surface area contributed by atoms with Crippen molar-refractivity contribution in [3.8, 4) is 0 Å². The van der Waals surface area contributed by atoms with Gasteiger partial charge in [-0.2, -0.15) is 13.2 Å². The van der Waals surface area contributed by atoms with E-state index in [1.807, 2.05) is 30.5 Å². The van der Waals surface area contributed by atoms with Gasteiger partial charge in [-0.15, -0.1) is 0 Å². The molecule has 0 saturated heterocycles. The van der Waals surface area contributed by atoms with Gasteiger partial charge in [-0.3, -0.25) is 4.79 Å². The first kappa shape index (κ1) is 24.6. The number of benzene rings is 2. The Balaban J connectivity index is 1.53. The highest BCUT2D eigenvalue weighted by Crippen LogP contribution is 2.30. The number of carbonyl (C=O) groups excluding carboxylic acids is 2. The van der Waals surface area contributed by atoms with E-state index in [0.29, 0.717) is 18.5 Å². The van der Waals surface area contributed by atoms with E-state index >= 15 is 0 Å². The number of nitrogens with zero attached hydrogens (tertiary/aromatic N) is 3. The van der Waals surface area contributed by atoms with Crippen molar-refractivity contribution in [1.29, 1.82) is 0 Å². The van der Waals surface area contributed by atoms with Crippen LogP contribution in [0.3, 0.4) is 0 Å². The van der Waals surface area contributed by atoms with Crippen LogP contribution in [0.25, 0.3) is 10.9 Å². The van der Waals surface area contributed by atoms with Crippen molar-refractivity contribution in [3.05, 3.63) is 71.4 Å². The molecule has 1 heterocycles. The van der Waals surface area contributed by atoms with Crippen molar-refractivity contribution in [3.63, 3.8) is 0 Å². The van der Waals surface area contributed by atoms with Crippen LogP contribution in [0.1, 0.15) is 29.5 Å². The summed E-state index contributed by atoms with van der Waals surface area (Å²) in [7, 11) is 3.30. The average Bonchev–Trinajstić information content (AvgIpc) is 3.59. The SMILES string of the molecule is CN(C)C(=O)N(CC(=O)N(CCc1c[nH]c2ccccc12)Cc1ccc(C(F)(F)F)cc1)C1CC1. The van der Waals surface area contributed by atoms with E-state index < -0.39 is 11.7 Å². The molecule has 35 heavy (non-hydrogen) atoms. The lowest BCUT2D eigenvalue weighted by Crippen LogP contribution is -2.47. The Morgan fingerprint density at radius 2 is 1.71 bits per heavy atom. The lowest BCUT2D eigenvalue weighted by Gasteiger charge is -2.29. The van der Waals surface area contributed by atoms with Gasteiger partial charge in [0, 0.05) is 50.3 Å². The molecular formula is C26H29F3N4O2. The molecule has 9 heteroatoms. The topological polar surface area (TPSA) is 59.7 Å². The summed E-state index contributed by atoms with van der Waals surface area (Å²) in [5.41, 5.74) is 1.92. The number of nitrogens with one attached hydrogen (secondary N) is 1. The molecule has 1 aliphatic rings. The number of rotatable bonds is 8. The quantitative estimate of drug-likeness (QED) is 0.492. The minimum Gasteiger partial charge on any atom is -0.361 e. The van der Waals surface area contributed by atoms with Crippen molar-refractivity contribution < 1.29 is 22.8 Å². The molecule has 0 unspecified atom stereocenters. The molecule has 0 atom stereocenters. The second-order valence-electron chi connectivity index (χ2n) is 9.16. The Kier molecular flexibility index (Phi) is 7.05. The van der Waals surface area contributed by atoms with E-state index in [4.69, 9.17) is 0 Å². The molecule has 0 radical (unpaired) electrons. The number of carbonyl (C=O) groups is 2. The van der Waals surface area contributed by atoms with Gasteiger partial charge in [0.2, 0.25) is 5.91 Å². The van der Waals surface area contributed by atoms with Gasteiger partial charge in [-0.05, 0) is 48.6 Å². The predicted molar refractivity (Wildman–Crippen MR) is 128 cm³/mol. The number of halogens is 3. The minimum atomic E-state index is -4.42. The summed E-state index contributed by atoms with van der Waals surface area (Å²) in [5, 5.41) is 1.07. The number of aromatic amines is 1. The van der Waals surface area contributed by atoms with Crippen LogP contribution in [-0.2, 0) is 23.9 Å². The number of hydrogen-bond acceptors (Lipinski definition) is 2. The second-order valence-corrected chi connectivity index (χ2v) is 9.16. The predicted octanol–water partition coefficient (Wildman–Crippen LogP) is 4.90. The molecule has 1 saturated carbocycles. The number of hydrogen-bond donors (Lipinski definition) is 1. The Labute approximate surface area is 202 Å². The highest BCUT2D eigenvalue weighted by Gasteiger charge is 2.35. The van der Waals surface area contributed by atoms with Crippen LogP contribution in [0, 0.1) is 0 Å². The van der Waals surface area contributed by atoms with E-state index in [-0.39, 0.29) is 31.1 Å². The van der Waals surface area contributed by atoms with Gasteiger partial charge in [0.1, 0.15) is 6.54 Å². The summed E-state index contributed by atoms with van der Waals surface area (Å²) in [6, 6.07) is 12.6. The largest absolute Gasteiger partial charge is 0.416 e. The Bertz CT molecular complexity index is 1180. The van der Waals surface area contributed by atoms with E-state index in [0.717, 1.165) is 41.4 Å². The lowest BCUT2D eigenvalue weighted by atomic mass is 10.1. The fourth-order valence-corrected chi connectivity index (χ4v) is 4.15. The molecule has 0 aliphatic heterocycles. The molecule has 1 N–H and O–H groups in total. The molecule has 1 aromatic heterocycles. The van der Waals surface area contributed by atoms with Crippen molar-refractivity contribution in [2.24, 2.45) is 0 Å². The third-order valence-electron chi connectivity index (χ3n) is 6.25. The van der Waals surface area contributed by atoms with Crippen molar-refractivity contribution >= 4 is 22.8 Å². The molecule has 4 rings (SSSR count). The fourth-order valence-electron chi connectivity index (χ4n) is 4.15. The zero-order valence-electron chi connectivity index (χ0n) is 19.8. The van der Waals surface area contributed by atoms with Gasteiger partial charge in [-0.1, -0.05) is 30.3 Å². The Morgan fingerprint density at radius 1 is 1.03 bits per heavy atom. The molecule has 1 fully saturated rings. The number of H-pyrrole nitrogens is 1. The van der Waals surface area contributed by atoms with Crippen LogP contribution in [0.15, 0.2) is 54.7 Å². The summed E-state index contributed by atoms with van der Waals surface area (Å²) in [6.45, 7) is 0.473. The smallest absolute Gasteiger partial charge is 0.361 e. The fraction of sp³-hybridized carbons (Fsp3) is 0.385. The van der Waals surface area contributed by atoms with Crippen LogP contribution in [0.2, 0.25) is 0 Å². The first-order chi connectivity index (χ1) is 16.6. The normalized spacial score (nSPS) is 13.6. The van der Waals surface area contributed by atoms with E-state index in [9.17, 15) is 22.8 Å². The van der Waals surface area contributed by atoms with Crippen molar-refractivity contribution in [1.82, 2.24) is 19.7 Å². The average molecular weight is 487 g/mol. The molecule has 1 aliphatic carbocycles. The molecule has 2 aromatic carbocycles. The van der Waals surface area contributed by atoms with Gasteiger partial charge in [0.25, 0.3) is 0 Å². The van der Waals surface area contributed by atoms with Crippen LogP contribution >= 0.6 is 0 Å². The molecule has 0 bridgehead atoms. The monoisotopic (exact) mass is 486 g/mol. The van der Waals surface area contributed by atoms with Crippen molar-refractivity contribution in [2.45, 2.75) is 38.0 Å². The number of urea groups is 1. The van der Waals surface area contributed by atoms with E-state index in [1.54, 1.807) is 23.9 Å². The van der Waals surface area contributed by atoms with Gasteiger partial charge in [-0.25, -0.2) is 4.79 Å². The standard InChI is InChI=1S/C26H29F3N4O2/c1-31(2)25(35)33(21-11-12-21)17-24(34)32(16-18-7-9-20(10-8-18)26(27,28)29)14-13-19-15-30-23-6-4-3-5-22(19)23/h3-10,15,21,30H,11-14,16-17H2,1-2H3. The maximum absolute atomic E-state index is 13.4. The minimum absolute atomic E-state index is 0.0513. The van der Waals surface area contributed by atoms with Crippen LogP contribution in [0.4, 0.5) is 18.0 Å². The number of para-hydroxylation sites is 1. The third kappa shape index (κ3) is 5.96. The molecular weight excluding hydrogens is 457 g/mol. The van der Waals surface area contributed by atoms with E-state index in [2.05, 4.69) is 4.98 Å². The maximum atomic E-state index is 13.4. The Hall–Kier alpha value is -3.49. The van der Waals surface area contributed by atoms with Gasteiger partial charge in [0.15, 0.2) is 0 Å². The van der Waals surface area contributed by atoms with Gasteiger partial charge in [0.05, 0.1) is 5.56 Å². The first-order valence-corrected chi connectivity index (χ1v) is 11.6. The summed E-state index contributed by atoms with van der Waals surface area (Å²) >= 11 is 0. The zero-order chi connectivity index (χ0) is 25.2. The summed E-state index contributed by atoms with van der Waals surface area (Å²) in [4.78, 5) is 33.9. The molecule has 186 valence electrons. The Morgan fingerprint density at radius 3 is 2.34 bits per heavy atom. The third-order valence-corrected chi connectivity index (χ3v) is 6.25. The first-order valence-electron chi connectivity index (χ1n) is 11.6. The number of amides is 3. The highest BCUT2D eigenvalue weighted by atomic mass is 19.4. The number of fused-ring (bicyclic) bond motifs is 1. The van der Waals surface area contributed by atoms with Crippen molar-refractivity contribution in [2.75, 3.05) is 27.2 Å². The lowest BCUT2D eigenvalue weighted by molar-refractivity contribution is -0.137. The summed E-state index contributed by atoms with van der Waals surface area (Å²) in [5.74, 6) is -0.230. The van der Waals surface area contributed by atoms with Crippen LogP contribution < -0.4 is 0 Å². The van der Waals surface area contributed by atoms with E-state index in [1.165, 1.54) is 17.0 Å². The zero-order valence-corrected chi connectivity index (χ0v) is 19.8. The number of alkyl halides is 3. The summed E-state index contributed by atoms with van der Waals surface area (Å²) in [6.07, 6.45) is -0.206. The maximum Gasteiger partial charge on any atom is 0.416 e. The number of aromatic nitrogens is 1. The highest BCUT2D eigenvalue weighted by molar-refractivity contribution is 5.85. The summed E-state index contributed by atoms with van der Waals surface area (Å²) < 4.78 is 38.9. The molecule has 0 spiro atoms. The van der Waals surface area contributed by atoms with Gasteiger partial charge >= 0.3 is 12.2 Å². The van der Waals surface area contributed by atoms with Gasteiger partial charge < -0.3 is 19.7 Å². The van der Waals surface area contributed by atoms with Crippen LogP contribution in [0.5, 0.6) is 0 Å². The molecule has 3 amide bonds.